The number of aromatic nitrogens is 1. The zero-order valence-electron chi connectivity index (χ0n) is 28.7. The summed E-state index contributed by atoms with van der Waals surface area (Å²) in [6.45, 7) is 7.56. The van der Waals surface area contributed by atoms with Gasteiger partial charge in [-0.1, -0.05) is 23.7 Å². The first-order valence-corrected chi connectivity index (χ1v) is 17.2. The number of nitrogens with zero attached hydrogens (tertiary/aromatic N) is 4. The van der Waals surface area contributed by atoms with Gasteiger partial charge in [-0.2, -0.15) is 5.26 Å². The molecular weight excluding hydrogens is 663 g/mol. The maximum Gasteiger partial charge on any atom is 0.410 e. The van der Waals surface area contributed by atoms with E-state index >= 15 is 4.39 Å². The number of amides is 2. The lowest BCUT2D eigenvalue weighted by Gasteiger charge is -2.41. The summed E-state index contributed by atoms with van der Waals surface area (Å²) >= 11 is 6.28. The van der Waals surface area contributed by atoms with Crippen LogP contribution in [0.3, 0.4) is 0 Å². The lowest BCUT2D eigenvalue weighted by Crippen LogP contribution is -2.48. The van der Waals surface area contributed by atoms with Crippen LogP contribution in [0.2, 0.25) is 5.02 Å². The molecule has 1 saturated carbocycles. The van der Waals surface area contributed by atoms with Gasteiger partial charge in [-0.15, -0.1) is 0 Å². The highest BCUT2D eigenvalue weighted by molar-refractivity contribution is 6.30. The van der Waals surface area contributed by atoms with Crippen molar-refractivity contribution in [2.24, 2.45) is 11.3 Å². The van der Waals surface area contributed by atoms with Crippen molar-refractivity contribution in [3.8, 4) is 6.07 Å². The van der Waals surface area contributed by atoms with E-state index < -0.39 is 40.2 Å². The predicted octanol–water partition coefficient (Wildman–Crippen LogP) is 6.25. The average Bonchev–Trinajstić information content (AvgIpc) is 3.83. The minimum Gasteiger partial charge on any atom is -0.444 e. The van der Waals surface area contributed by atoms with Gasteiger partial charge in [0.2, 0.25) is 0 Å². The van der Waals surface area contributed by atoms with Crippen LogP contribution in [-0.4, -0.2) is 68.9 Å². The molecule has 0 spiro atoms. The van der Waals surface area contributed by atoms with E-state index in [9.17, 15) is 25.1 Å². The highest BCUT2D eigenvalue weighted by Crippen LogP contribution is 2.53. The van der Waals surface area contributed by atoms with Crippen molar-refractivity contribution in [2.45, 2.75) is 76.9 Å². The molecule has 2 N–H and O–H groups in total. The Morgan fingerprint density at radius 1 is 1.12 bits per heavy atom. The van der Waals surface area contributed by atoms with Crippen LogP contribution in [0.25, 0.3) is 0 Å². The number of likely N-dealkylation sites (tertiary alicyclic amines) is 1. The summed E-state index contributed by atoms with van der Waals surface area (Å²) in [7, 11) is 0. The van der Waals surface area contributed by atoms with Gasteiger partial charge in [0.15, 0.2) is 5.72 Å². The van der Waals surface area contributed by atoms with Crippen molar-refractivity contribution in [3.63, 3.8) is 0 Å². The van der Waals surface area contributed by atoms with E-state index in [1.165, 1.54) is 17.2 Å². The molecule has 50 heavy (non-hydrogen) atoms. The number of benzene rings is 2. The molecule has 0 bridgehead atoms. The van der Waals surface area contributed by atoms with E-state index in [0.717, 1.165) is 12.8 Å². The molecule has 1 aromatic heterocycles. The lowest BCUT2D eigenvalue weighted by molar-refractivity contribution is -0.130. The second kappa shape index (κ2) is 13.2. The average molecular weight is 705 g/mol. The minimum atomic E-state index is -1.77. The first kappa shape index (κ1) is 35.7. The van der Waals surface area contributed by atoms with E-state index in [2.05, 4.69) is 4.98 Å². The molecule has 264 valence electrons. The van der Waals surface area contributed by atoms with Gasteiger partial charge in [0, 0.05) is 35.3 Å². The number of aliphatic hydroxyl groups is 2. The van der Waals surface area contributed by atoms with Gasteiger partial charge in [-0.3, -0.25) is 14.7 Å². The summed E-state index contributed by atoms with van der Waals surface area (Å²) < 4.78 is 29.2. The van der Waals surface area contributed by atoms with Gasteiger partial charge in [-0.05, 0) is 101 Å². The van der Waals surface area contributed by atoms with E-state index in [0.29, 0.717) is 47.8 Å². The third-order valence-electron chi connectivity index (χ3n) is 10.2. The van der Waals surface area contributed by atoms with Crippen molar-refractivity contribution < 1.29 is 33.7 Å². The Morgan fingerprint density at radius 3 is 2.36 bits per heavy atom. The second-order valence-corrected chi connectivity index (χ2v) is 15.3. The Labute approximate surface area is 296 Å². The number of carbonyl (C=O) groups excluding carboxylic acids is 2. The molecule has 10 nitrogen and oxygen atoms in total. The zero-order chi connectivity index (χ0) is 36.1. The smallest absolute Gasteiger partial charge is 0.410 e. The first-order valence-electron chi connectivity index (χ1n) is 16.9. The predicted molar refractivity (Wildman–Crippen MR) is 182 cm³/mol. The van der Waals surface area contributed by atoms with E-state index in [-0.39, 0.29) is 42.4 Å². The summed E-state index contributed by atoms with van der Waals surface area (Å²) in [5.74, 6) is -1.62. The number of fused-ring (bicyclic) bond motifs is 1. The number of pyridine rings is 1. The van der Waals surface area contributed by atoms with Crippen LogP contribution < -0.4 is 0 Å². The van der Waals surface area contributed by atoms with Gasteiger partial charge in [0.1, 0.15) is 17.5 Å². The largest absolute Gasteiger partial charge is 0.444 e. The molecule has 2 aliphatic heterocycles. The molecule has 2 atom stereocenters. The summed E-state index contributed by atoms with van der Waals surface area (Å²) in [5, 5.41) is 31.9. The number of ether oxygens (including phenoxy) is 2. The van der Waals surface area contributed by atoms with Gasteiger partial charge >= 0.3 is 6.09 Å². The number of halogens is 2. The van der Waals surface area contributed by atoms with Crippen LogP contribution >= 0.6 is 11.6 Å². The number of hydrogen-bond acceptors (Lipinski definition) is 8. The molecule has 1 aliphatic carbocycles. The molecule has 1 unspecified atom stereocenters. The Morgan fingerprint density at radius 2 is 1.80 bits per heavy atom. The van der Waals surface area contributed by atoms with Crippen LogP contribution in [0.1, 0.15) is 91.7 Å². The second-order valence-electron chi connectivity index (χ2n) is 14.9. The topological polar surface area (TPSA) is 136 Å². The highest BCUT2D eigenvalue weighted by atomic mass is 35.5. The fraction of sp³-hybridized carbons (Fsp3) is 0.474. The normalized spacial score (nSPS) is 21.4. The molecule has 2 fully saturated rings. The SMILES string of the molecule is CC(C)(C)OC(=O)N1CCC([C@@](C)(O)c2cc(F)c3c(c2)C(=O)N(Cc2ccc(C#N)cn2)C3(OCC2(CO)CC2)c2ccc(Cl)cc2)CC1. The molecule has 2 aromatic carbocycles. The summed E-state index contributed by atoms with van der Waals surface area (Å²) in [6.07, 6.45) is 3.30. The maximum atomic E-state index is 17.0. The zero-order valence-corrected chi connectivity index (χ0v) is 29.5. The molecule has 1 saturated heterocycles. The third kappa shape index (κ3) is 6.70. The van der Waals surface area contributed by atoms with Crippen LogP contribution in [0.4, 0.5) is 9.18 Å². The molecule has 0 radical (unpaired) electrons. The van der Waals surface area contributed by atoms with Crippen molar-refractivity contribution in [2.75, 3.05) is 26.3 Å². The van der Waals surface area contributed by atoms with Crippen molar-refractivity contribution >= 4 is 23.6 Å². The highest BCUT2D eigenvalue weighted by Gasteiger charge is 2.57. The number of carbonyl (C=O) groups is 2. The number of nitriles is 1. The Kier molecular flexibility index (Phi) is 9.46. The molecule has 12 heteroatoms. The van der Waals surface area contributed by atoms with Gasteiger partial charge in [0.05, 0.1) is 47.7 Å². The third-order valence-corrected chi connectivity index (χ3v) is 10.5. The molecular formula is C38H42ClFN4O6. The Hall–Kier alpha value is -4.08. The summed E-state index contributed by atoms with van der Waals surface area (Å²) in [4.78, 5) is 34.7. The number of rotatable bonds is 9. The van der Waals surface area contributed by atoms with E-state index in [1.54, 1.807) is 75.1 Å². The maximum absolute atomic E-state index is 17.0. The van der Waals surface area contributed by atoms with E-state index in [4.69, 9.17) is 21.1 Å². The molecule has 6 rings (SSSR count). The fourth-order valence-electron chi connectivity index (χ4n) is 6.94. The van der Waals surface area contributed by atoms with Gasteiger partial charge in [0.25, 0.3) is 5.91 Å². The lowest BCUT2D eigenvalue weighted by atomic mass is 9.76. The van der Waals surface area contributed by atoms with Gasteiger partial charge < -0.3 is 24.6 Å². The molecule has 3 aliphatic rings. The fourth-order valence-corrected chi connectivity index (χ4v) is 7.07. The minimum absolute atomic E-state index is 0.00787. The quantitative estimate of drug-likeness (QED) is 0.267. The number of piperidine rings is 1. The van der Waals surface area contributed by atoms with Crippen LogP contribution in [0, 0.1) is 28.5 Å². The number of aliphatic hydroxyl groups excluding tert-OH is 1. The Bertz CT molecular complexity index is 1810. The standard InChI is InChI=1S/C38H42ClFN4O6/c1-35(2,3)50-34(47)43-15-11-25(12-16-43)36(4,48)27-17-30-32(31(40)18-27)38(26-6-8-28(39)9-7-26,49-23-37(22-45)13-14-37)44(33(30)46)21-29-10-5-24(19-41)20-42-29/h5-10,17-18,20,25,45,48H,11-16,21-23H2,1-4H3/t36-,38?/m1/s1. The van der Waals surface area contributed by atoms with Crippen molar-refractivity contribution in [1.29, 1.82) is 5.26 Å². The first-order chi connectivity index (χ1) is 23.6. The van der Waals surface area contributed by atoms with E-state index in [1.807, 2.05) is 6.07 Å². The van der Waals surface area contributed by atoms with Crippen LogP contribution in [0.5, 0.6) is 0 Å². The number of hydrogen-bond donors (Lipinski definition) is 2. The van der Waals surface area contributed by atoms with Crippen LogP contribution in [0.15, 0.2) is 54.7 Å². The monoisotopic (exact) mass is 704 g/mol. The summed E-state index contributed by atoms with van der Waals surface area (Å²) in [6, 6.07) is 14.7. The van der Waals surface area contributed by atoms with Gasteiger partial charge in [-0.25, -0.2) is 9.18 Å². The summed E-state index contributed by atoms with van der Waals surface area (Å²) in [5.41, 5.74) is -2.98. The van der Waals surface area contributed by atoms with Crippen molar-refractivity contribution in [1.82, 2.24) is 14.8 Å². The molecule has 2 amide bonds. The molecule has 3 heterocycles. The van der Waals surface area contributed by atoms with Crippen LogP contribution in [-0.2, 0) is 27.3 Å². The Balaban J connectivity index is 1.41. The molecule has 3 aromatic rings. The van der Waals surface area contributed by atoms with Crippen molar-refractivity contribution in [3.05, 3.63) is 99.1 Å².